The van der Waals surface area contributed by atoms with Gasteiger partial charge in [-0.25, -0.2) is 0 Å². The van der Waals surface area contributed by atoms with Crippen LogP contribution in [0.15, 0.2) is 16.8 Å². The van der Waals surface area contributed by atoms with Gasteiger partial charge in [-0.2, -0.15) is 11.3 Å². The molecule has 3 rings (SSSR count). The van der Waals surface area contributed by atoms with Crippen LogP contribution in [0.25, 0.3) is 0 Å². The maximum Gasteiger partial charge on any atom is 0.224 e. The van der Waals surface area contributed by atoms with Crippen molar-refractivity contribution in [3.05, 3.63) is 22.4 Å². The summed E-state index contributed by atoms with van der Waals surface area (Å²) in [4.78, 5) is 12.0. The zero-order valence-corrected chi connectivity index (χ0v) is 11.3. The first-order valence-electron chi connectivity index (χ1n) is 6.67. The minimum Gasteiger partial charge on any atom is -0.381 e. The van der Waals surface area contributed by atoms with E-state index in [1.807, 2.05) is 16.8 Å². The predicted octanol–water partition coefficient (Wildman–Crippen LogP) is 2.37. The van der Waals surface area contributed by atoms with Gasteiger partial charge in [-0.05, 0) is 53.5 Å². The molecule has 1 aliphatic heterocycles. The normalized spacial score (nSPS) is 25.7. The summed E-state index contributed by atoms with van der Waals surface area (Å²) in [5.41, 5.74) is 1.47. The molecule has 1 unspecified atom stereocenters. The first kappa shape index (κ1) is 12.2. The monoisotopic (exact) mass is 265 g/mol. The van der Waals surface area contributed by atoms with Gasteiger partial charge < -0.3 is 10.1 Å². The second-order valence-electron chi connectivity index (χ2n) is 5.44. The Morgan fingerprint density at radius 2 is 2.28 bits per heavy atom. The fraction of sp³-hybridized carbons (Fsp3) is 0.643. The van der Waals surface area contributed by atoms with Crippen molar-refractivity contribution in [3.8, 4) is 0 Å². The molecule has 1 saturated carbocycles. The molecule has 1 aliphatic carbocycles. The molecule has 1 saturated heterocycles. The molecule has 2 heterocycles. The van der Waals surface area contributed by atoms with E-state index in [4.69, 9.17) is 4.74 Å². The van der Waals surface area contributed by atoms with E-state index in [2.05, 4.69) is 5.32 Å². The summed E-state index contributed by atoms with van der Waals surface area (Å²) >= 11 is 1.65. The quantitative estimate of drug-likeness (QED) is 0.911. The molecule has 1 amide bonds. The van der Waals surface area contributed by atoms with Gasteiger partial charge in [0.05, 0.1) is 6.42 Å². The van der Waals surface area contributed by atoms with Gasteiger partial charge in [-0.1, -0.05) is 0 Å². The molecular formula is C14H19NO2S. The zero-order chi connectivity index (χ0) is 12.4. The largest absolute Gasteiger partial charge is 0.381 e. The van der Waals surface area contributed by atoms with Gasteiger partial charge in [0, 0.05) is 19.3 Å². The highest BCUT2D eigenvalue weighted by atomic mass is 32.1. The number of hydrogen-bond acceptors (Lipinski definition) is 3. The van der Waals surface area contributed by atoms with Crippen LogP contribution in [0.3, 0.4) is 0 Å². The lowest BCUT2D eigenvalue weighted by atomic mass is 9.60. The first-order chi connectivity index (χ1) is 8.78. The topological polar surface area (TPSA) is 38.3 Å². The van der Waals surface area contributed by atoms with Gasteiger partial charge in [0.2, 0.25) is 5.91 Å². The van der Waals surface area contributed by atoms with Gasteiger partial charge in [-0.15, -0.1) is 0 Å². The second-order valence-corrected chi connectivity index (χ2v) is 6.22. The fourth-order valence-corrected chi connectivity index (χ4v) is 3.79. The average molecular weight is 265 g/mol. The number of carbonyl (C=O) groups excluding carboxylic acids is 1. The van der Waals surface area contributed by atoms with Crippen LogP contribution in [-0.4, -0.2) is 25.2 Å². The third-order valence-electron chi connectivity index (χ3n) is 4.44. The molecule has 0 radical (unpaired) electrons. The van der Waals surface area contributed by atoms with Crippen molar-refractivity contribution in [2.24, 2.45) is 5.41 Å². The zero-order valence-electron chi connectivity index (χ0n) is 10.5. The van der Waals surface area contributed by atoms with Gasteiger partial charge in [0.15, 0.2) is 0 Å². The smallest absolute Gasteiger partial charge is 0.224 e. The van der Waals surface area contributed by atoms with Crippen LogP contribution in [0.2, 0.25) is 0 Å². The Hall–Kier alpha value is -0.870. The summed E-state index contributed by atoms with van der Waals surface area (Å²) in [7, 11) is 0. The standard InChI is InChI=1S/C14H19NO2S/c16-13(9-11-2-8-18-10-11)15-12-1-3-14(12)4-6-17-7-5-14/h2,8,10,12H,1,3-7,9H2,(H,15,16). The maximum absolute atomic E-state index is 12.0. The molecule has 2 fully saturated rings. The third-order valence-corrected chi connectivity index (χ3v) is 5.17. The molecule has 2 aliphatic rings. The minimum atomic E-state index is 0.170. The number of rotatable bonds is 3. The Kier molecular flexibility index (Phi) is 3.39. The predicted molar refractivity (Wildman–Crippen MR) is 71.7 cm³/mol. The highest BCUT2D eigenvalue weighted by Gasteiger charge is 2.47. The highest BCUT2D eigenvalue weighted by molar-refractivity contribution is 7.07. The summed E-state index contributed by atoms with van der Waals surface area (Å²) in [6.45, 7) is 1.72. The lowest BCUT2D eigenvalue weighted by Gasteiger charge is -2.52. The lowest BCUT2D eigenvalue weighted by molar-refractivity contribution is -0.126. The molecule has 98 valence electrons. The first-order valence-corrected chi connectivity index (χ1v) is 7.61. The summed E-state index contributed by atoms with van der Waals surface area (Å²) in [5.74, 6) is 0.170. The number of thiophene rings is 1. The van der Waals surface area contributed by atoms with Gasteiger partial charge >= 0.3 is 0 Å². The van der Waals surface area contributed by atoms with Gasteiger partial charge in [-0.3, -0.25) is 4.79 Å². The van der Waals surface area contributed by atoms with Crippen LogP contribution in [-0.2, 0) is 16.0 Å². The van der Waals surface area contributed by atoms with E-state index in [1.165, 1.54) is 6.42 Å². The van der Waals surface area contributed by atoms with Crippen molar-refractivity contribution >= 4 is 17.2 Å². The Labute approximate surface area is 112 Å². The minimum absolute atomic E-state index is 0.170. The Morgan fingerprint density at radius 3 is 2.89 bits per heavy atom. The number of hydrogen-bond donors (Lipinski definition) is 1. The number of ether oxygens (including phenoxy) is 1. The van der Waals surface area contributed by atoms with Crippen molar-refractivity contribution in [2.45, 2.75) is 38.1 Å². The van der Waals surface area contributed by atoms with E-state index in [0.29, 0.717) is 17.9 Å². The van der Waals surface area contributed by atoms with Crippen LogP contribution in [0.4, 0.5) is 0 Å². The van der Waals surface area contributed by atoms with Crippen molar-refractivity contribution in [2.75, 3.05) is 13.2 Å². The van der Waals surface area contributed by atoms with E-state index in [-0.39, 0.29) is 5.91 Å². The average Bonchev–Trinajstić information content (AvgIpc) is 2.88. The molecule has 18 heavy (non-hydrogen) atoms. The van der Waals surface area contributed by atoms with Gasteiger partial charge in [0.1, 0.15) is 0 Å². The Bertz CT molecular complexity index is 409. The third kappa shape index (κ3) is 2.31. The lowest BCUT2D eigenvalue weighted by Crippen LogP contribution is -2.57. The molecule has 0 aromatic carbocycles. The molecule has 1 spiro atoms. The van der Waals surface area contributed by atoms with Crippen LogP contribution >= 0.6 is 11.3 Å². The van der Waals surface area contributed by atoms with E-state index >= 15 is 0 Å². The highest BCUT2D eigenvalue weighted by Crippen LogP contribution is 2.48. The van der Waals surface area contributed by atoms with E-state index in [9.17, 15) is 4.79 Å². The second kappa shape index (κ2) is 5.02. The summed E-state index contributed by atoms with van der Waals surface area (Å²) < 4.78 is 5.43. The summed E-state index contributed by atoms with van der Waals surface area (Å²) in [6, 6.07) is 2.41. The van der Waals surface area contributed by atoms with Crippen molar-refractivity contribution < 1.29 is 9.53 Å². The SMILES string of the molecule is O=C(Cc1ccsc1)NC1CCC12CCOCC2. The molecule has 4 heteroatoms. The molecule has 1 atom stereocenters. The van der Waals surface area contributed by atoms with Crippen molar-refractivity contribution in [1.29, 1.82) is 0 Å². The number of amides is 1. The van der Waals surface area contributed by atoms with Crippen LogP contribution in [0.1, 0.15) is 31.2 Å². The van der Waals surface area contributed by atoms with E-state index in [1.54, 1.807) is 11.3 Å². The maximum atomic E-state index is 12.0. The van der Waals surface area contributed by atoms with E-state index < -0.39 is 0 Å². The van der Waals surface area contributed by atoms with Crippen LogP contribution in [0, 0.1) is 5.41 Å². The van der Waals surface area contributed by atoms with Crippen molar-refractivity contribution in [3.63, 3.8) is 0 Å². The Morgan fingerprint density at radius 1 is 1.44 bits per heavy atom. The van der Waals surface area contributed by atoms with Crippen LogP contribution < -0.4 is 5.32 Å². The summed E-state index contributed by atoms with van der Waals surface area (Å²) in [6.07, 6.45) is 5.12. The van der Waals surface area contributed by atoms with Gasteiger partial charge in [0.25, 0.3) is 0 Å². The molecule has 1 aromatic heterocycles. The van der Waals surface area contributed by atoms with E-state index in [0.717, 1.165) is 38.0 Å². The van der Waals surface area contributed by atoms with Crippen molar-refractivity contribution in [1.82, 2.24) is 5.32 Å². The molecular weight excluding hydrogens is 246 g/mol. The molecule has 0 bridgehead atoms. The molecule has 1 N–H and O–H groups in total. The molecule has 1 aromatic rings. The van der Waals surface area contributed by atoms with Crippen LogP contribution in [0.5, 0.6) is 0 Å². The Balaban J connectivity index is 1.55. The number of nitrogens with one attached hydrogen (secondary N) is 1. The summed E-state index contributed by atoms with van der Waals surface area (Å²) in [5, 5.41) is 7.29. The molecule has 3 nitrogen and oxygen atoms in total. The fourth-order valence-electron chi connectivity index (χ4n) is 3.12. The number of carbonyl (C=O) groups is 1.